The fourth-order valence-electron chi connectivity index (χ4n) is 2.69. The van der Waals surface area contributed by atoms with Gasteiger partial charge in [0.2, 0.25) is 0 Å². The van der Waals surface area contributed by atoms with E-state index in [1.165, 1.54) is 0 Å². The number of allylic oxidation sites excluding steroid dienone is 2. The molecule has 0 aromatic heterocycles. The SMILES string of the molecule is C=C(C)C(=N)CCCN(C(C)Cl)C(N)N(CCCC(=O)C(=C)C)C(C)C. The van der Waals surface area contributed by atoms with Crippen LogP contribution in [0.15, 0.2) is 24.3 Å². The van der Waals surface area contributed by atoms with Gasteiger partial charge in [-0.15, -0.1) is 11.6 Å². The van der Waals surface area contributed by atoms with Gasteiger partial charge in [0.1, 0.15) is 6.29 Å². The monoisotopic (exact) mass is 384 g/mol. The molecule has 0 aromatic rings. The van der Waals surface area contributed by atoms with Crippen LogP contribution >= 0.6 is 11.6 Å². The number of carbonyl (C=O) groups excluding carboxylic acids is 1. The Labute approximate surface area is 164 Å². The molecule has 0 fully saturated rings. The Morgan fingerprint density at radius 3 is 1.96 bits per heavy atom. The first-order valence-electron chi connectivity index (χ1n) is 9.32. The molecule has 0 bridgehead atoms. The summed E-state index contributed by atoms with van der Waals surface area (Å²) in [5.74, 6) is 0.100. The Hall–Kier alpha value is -1.01. The van der Waals surface area contributed by atoms with Crippen LogP contribution in [0, 0.1) is 5.41 Å². The number of hydrogen-bond acceptors (Lipinski definition) is 5. The molecule has 5 nitrogen and oxygen atoms in total. The van der Waals surface area contributed by atoms with Crippen LogP contribution in [0.4, 0.5) is 0 Å². The number of ketones is 1. The third-order valence-electron chi connectivity index (χ3n) is 4.45. The topological polar surface area (TPSA) is 73.4 Å². The van der Waals surface area contributed by atoms with E-state index in [4.69, 9.17) is 22.7 Å². The smallest absolute Gasteiger partial charge is 0.158 e. The fraction of sp³-hybridized carbons (Fsp3) is 0.700. The number of hydrogen-bond donors (Lipinski definition) is 2. The molecule has 0 saturated heterocycles. The summed E-state index contributed by atoms with van der Waals surface area (Å²) >= 11 is 6.37. The Bertz CT molecular complexity index is 458. The second-order valence-electron chi connectivity index (χ2n) is 7.23. The first-order chi connectivity index (χ1) is 12.0. The molecule has 0 heterocycles. The third kappa shape index (κ3) is 9.08. The average molecular weight is 385 g/mol. The van der Waals surface area contributed by atoms with Crippen LogP contribution in [0.2, 0.25) is 0 Å². The number of nitrogens with zero attached hydrogens (tertiary/aromatic N) is 2. The van der Waals surface area contributed by atoms with E-state index in [0.29, 0.717) is 30.7 Å². The highest BCUT2D eigenvalue weighted by atomic mass is 35.5. The second-order valence-corrected chi connectivity index (χ2v) is 7.86. The molecular formula is C20H37ClN4O. The molecule has 0 saturated carbocycles. The summed E-state index contributed by atoms with van der Waals surface area (Å²) in [4.78, 5) is 16.0. The summed E-state index contributed by atoms with van der Waals surface area (Å²) in [6.07, 6.45) is 2.36. The van der Waals surface area contributed by atoms with Gasteiger partial charge in [0, 0.05) is 31.3 Å². The number of halogens is 1. The van der Waals surface area contributed by atoms with E-state index < -0.39 is 0 Å². The zero-order valence-corrected chi connectivity index (χ0v) is 17.9. The highest BCUT2D eigenvalue weighted by molar-refractivity contribution is 6.20. The first kappa shape index (κ1) is 25.0. The number of carbonyl (C=O) groups is 1. The minimum atomic E-state index is -0.332. The van der Waals surface area contributed by atoms with Crippen LogP contribution in [0.25, 0.3) is 0 Å². The van der Waals surface area contributed by atoms with Crippen molar-refractivity contribution in [3.63, 3.8) is 0 Å². The van der Waals surface area contributed by atoms with Crippen molar-refractivity contribution in [1.82, 2.24) is 9.80 Å². The van der Waals surface area contributed by atoms with Gasteiger partial charge in [0.25, 0.3) is 0 Å². The van der Waals surface area contributed by atoms with E-state index in [0.717, 1.165) is 25.0 Å². The standard InChI is InChI=1S/C20H37ClN4O/c1-14(2)18(22)10-8-13-25(17(7)21)20(23)24(16(5)6)12-9-11-19(26)15(3)4/h16-17,20,22H,1,3,8-13,23H2,2,4-7H3. The predicted molar refractivity (Wildman–Crippen MR) is 113 cm³/mol. The van der Waals surface area contributed by atoms with Crippen LogP contribution in [0.3, 0.4) is 0 Å². The Kier molecular flexibility index (Phi) is 11.9. The van der Waals surface area contributed by atoms with E-state index in [1.54, 1.807) is 6.92 Å². The van der Waals surface area contributed by atoms with Crippen molar-refractivity contribution in [1.29, 1.82) is 5.41 Å². The van der Waals surface area contributed by atoms with Gasteiger partial charge < -0.3 is 11.1 Å². The molecule has 0 aliphatic carbocycles. The van der Waals surface area contributed by atoms with Gasteiger partial charge >= 0.3 is 0 Å². The molecule has 0 radical (unpaired) electrons. The van der Waals surface area contributed by atoms with E-state index in [9.17, 15) is 4.79 Å². The van der Waals surface area contributed by atoms with E-state index in [1.807, 2.05) is 18.7 Å². The number of Topliss-reactive ketones (excluding diaryl/α,β-unsaturated/α-hetero) is 1. The molecule has 6 heteroatoms. The Morgan fingerprint density at radius 1 is 1.04 bits per heavy atom. The predicted octanol–water partition coefficient (Wildman–Crippen LogP) is 4.13. The molecule has 150 valence electrons. The summed E-state index contributed by atoms with van der Waals surface area (Å²) < 4.78 is 0. The Balaban J connectivity index is 4.81. The highest BCUT2D eigenvalue weighted by Crippen LogP contribution is 2.15. The van der Waals surface area contributed by atoms with Crippen molar-refractivity contribution in [2.45, 2.75) is 78.1 Å². The number of alkyl halides is 1. The number of nitrogens with one attached hydrogen (secondary N) is 1. The van der Waals surface area contributed by atoms with Gasteiger partial charge in [-0.05, 0) is 65.0 Å². The van der Waals surface area contributed by atoms with Crippen molar-refractivity contribution in [3.05, 3.63) is 24.3 Å². The minimum Gasteiger partial charge on any atom is -0.305 e. The second kappa shape index (κ2) is 12.4. The van der Waals surface area contributed by atoms with Crippen molar-refractivity contribution < 1.29 is 4.79 Å². The molecular weight excluding hydrogens is 348 g/mol. The minimum absolute atomic E-state index is 0.100. The molecule has 0 amide bonds. The maximum Gasteiger partial charge on any atom is 0.158 e. The number of nitrogens with two attached hydrogens (primary N) is 1. The molecule has 3 N–H and O–H groups in total. The normalized spacial score (nSPS) is 13.9. The van der Waals surface area contributed by atoms with Gasteiger partial charge in [-0.1, -0.05) is 13.2 Å². The molecule has 0 aromatic carbocycles. The summed E-state index contributed by atoms with van der Waals surface area (Å²) in [6.45, 7) is 18.6. The van der Waals surface area contributed by atoms with Crippen LogP contribution in [0.1, 0.15) is 60.3 Å². The zero-order chi connectivity index (χ0) is 20.4. The zero-order valence-electron chi connectivity index (χ0n) is 17.1. The summed E-state index contributed by atoms with van der Waals surface area (Å²) in [7, 11) is 0. The molecule has 26 heavy (non-hydrogen) atoms. The van der Waals surface area contributed by atoms with Crippen LogP contribution in [0.5, 0.6) is 0 Å². The van der Waals surface area contributed by atoms with Gasteiger partial charge in [0.05, 0.1) is 5.50 Å². The van der Waals surface area contributed by atoms with Crippen LogP contribution < -0.4 is 5.73 Å². The maximum absolute atomic E-state index is 11.8. The lowest BCUT2D eigenvalue weighted by molar-refractivity contribution is -0.115. The van der Waals surface area contributed by atoms with Crippen molar-refractivity contribution in [3.8, 4) is 0 Å². The first-order valence-corrected chi connectivity index (χ1v) is 9.75. The lowest BCUT2D eigenvalue weighted by Gasteiger charge is -2.41. The van der Waals surface area contributed by atoms with Crippen LogP contribution in [-0.2, 0) is 4.79 Å². The fourth-order valence-corrected chi connectivity index (χ4v) is 2.91. The molecule has 2 atom stereocenters. The van der Waals surface area contributed by atoms with E-state index in [-0.39, 0.29) is 23.6 Å². The summed E-state index contributed by atoms with van der Waals surface area (Å²) in [5, 5.41) is 7.89. The number of rotatable bonds is 14. The molecule has 2 unspecified atom stereocenters. The molecule has 0 aliphatic heterocycles. The highest BCUT2D eigenvalue weighted by Gasteiger charge is 2.26. The van der Waals surface area contributed by atoms with Crippen molar-refractivity contribution in [2.75, 3.05) is 13.1 Å². The molecule has 0 spiro atoms. The van der Waals surface area contributed by atoms with E-state index in [2.05, 4.69) is 31.9 Å². The van der Waals surface area contributed by atoms with Gasteiger partial charge in [-0.3, -0.25) is 14.6 Å². The molecule has 0 rings (SSSR count). The summed E-state index contributed by atoms with van der Waals surface area (Å²) in [5.41, 5.74) is 8.26. The van der Waals surface area contributed by atoms with Gasteiger partial charge in [-0.25, -0.2) is 0 Å². The van der Waals surface area contributed by atoms with Gasteiger partial charge in [-0.2, -0.15) is 0 Å². The van der Waals surface area contributed by atoms with Crippen molar-refractivity contribution in [2.24, 2.45) is 5.73 Å². The Morgan fingerprint density at radius 2 is 1.54 bits per heavy atom. The third-order valence-corrected chi connectivity index (χ3v) is 4.70. The van der Waals surface area contributed by atoms with E-state index >= 15 is 0 Å². The lowest BCUT2D eigenvalue weighted by atomic mass is 10.1. The summed E-state index contributed by atoms with van der Waals surface area (Å²) in [6, 6.07) is 0.233. The quantitative estimate of drug-likeness (QED) is 0.155. The molecule has 0 aliphatic rings. The van der Waals surface area contributed by atoms with Gasteiger partial charge in [0.15, 0.2) is 5.78 Å². The largest absolute Gasteiger partial charge is 0.305 e. The average Bonchev–Trinajstić information content (AvgIpc) is 2.53. The lowest BCUT2D eigenvalue weighted by Crippen LogP contribution is -2.58. The van der Waals surface area contributed by atoms with Crippen molar-refractivity contribution >= 4 is 23.1 Å². The maximum atomic E-state index is 11.8. The van der Waals surface area contributed by atoms with Crippen LogP contribution in [-0.4, -0.2) is 52.2 Å².